The molecular weight excluding hydrogens is 388 g/mol. The molecule has 30 heavy (non-hydrogen) atoms. The van der Waals surface area contributed by atoms with Crippen LogP contribution in [0.4, 0.5) is 16.3 Å². The maximum Gasteiger partial charge on any atom is 0.528 e. The molecule has 0 saturated carbocycles. The van der Waals surface area contributed by atoms with E-state index in [9.17, 15) is 4.79 Å². The normalized spacial score (nSPS) is 15.0. The van der Waals surface area contributed by atoms with Crippen LogP contribution in [0.5, 0.6) is 11.6 Å². The molecule has 0 bridgehead atoms. The van der Waals surface area contributed by atoms with Gasteiger partial charge in [-0.25, -0.2) is 14.8 Å². The largest absolute Gasteiger partial charge is 0.528 e. The first kappa shape index (κ1) is 21.6. The van der Waals surface area contributed by atoms with Crippen molar-refractivity contribution in [1.29, 1.82) is 0 Å². The predicted molar refractivity (Wildman–Crippen MR) is 111 cm³/mol. The summed E-state index contributed by atoms with van der Waals surface area (Å²) in [7, 11) is 1.64. The van der Waals surface area contributed by atoms with E-state index in [0.717, 1.165) is 17.0 Å². The lowest BCUT2D eigenvalue weighted by molar-refractivity contribution is -0.151. The Bertz CT molecular complexity index is 853. The van der Waals surface area contributed by atoms with Crippen LogP contribution in [0.2, 0.25) is 0 Å². The molecule has 162 valence electrons. The van der Waals surface area contributed by atoms with E-state index in [0.29, 0.717) is 37.6 Å². The standard InChI is InChI=1S/C21H28N4O5/c1-14(2)28-21(26)30-25-9-7-16(8-10-25)29-20-12-19(22-13-23-20)24-18-6-5-17(27-4)11-15(18)3/h5-6,11-14,16H,7-10H2,1-4H3,(H,22,23,24). The molecule has 1 aromatic heterocycles. The van der Waals surface area contributed by atoms with Crippen molar-refractivity contribution in [2.24, 2.45) is 0 Å². The van der Waals surface area contributed by atoms with Gasteiger partial charge >= 0.3 is 6.16 Å². The Balaban J connectivity index is 1.52. The molecule has 1 fully saturated rings. The molecule has 1 aromatic carbocycles. The van der Waals surface area contributed by atoms with Crippen molar-refractivity contribution in [3.8, 4) is 11.6 Å². The Hall–Kier alpha value is -3.07. The first-order valence-electron chi connectivity index (χ1n) is 9.97. The van der Waals surface area contributed by atoms with Gasteiger partial charge in [0.25, 0.3) is 0 Å². The highest BCUT2D eigenvalue weighted by Gasteiger charge is 2.24. The van der Waals surface area contributed by atoms with Crippen LogP contribution in [-0.2, 0) is 9.57 Å². The molecule has 1 aliphatic rings. The van der Waals surface area contributed by atoms with Crippen LogP contribution in [0.3, 0.4) is 0 Å². The number of anilines is 2. The molecule has 0 unspecified atom stereocenters. The topological polar surface area (TPSA) is 95.0 Å². The van der Waals surface area contributed by atoms with Gasteiger partial charge in [-0.3, -0.25) is 0 Å². The molecule has 3 rings (SSSR count). The lowest BCUT2D eigenvalue weighted by Crippen LogP contribution is -2.40. The van der Waals surface area contributed by atoms with E-state index in [1.54, 1.807) is 32.1 Å². The number of rotatable bonds is 7. The van der Waals surface area contributed by atoms with Gasteiger partial charge in [0.15, 0.2) is 0 Å². The number of carbonyl (C=O) groups excluding carboxylic acids is 1. The van der Waals surface area contributed by atoms with Crippen LogP contribution in [0.15, 0.2) is 30.6 Å². The maximum atomic E-state index is 11.6. The smallest absolute Gasteiger partial charge is 0.497 e. The van der Waals surface area contributed by atoms with Gasteiger partial charge in [0.2, 0.25) is 5.88 Å². The molecular formula is C21H28N4O5. The van der Waals surface area contributed by atoms with E-state index >= 15 is 0 Å². The molecule has 0 radical (unpaired) electrons. The zero-order valence-corrected chi connectivity index (χ0v) is 17.8. The van der Waals surface area contributed by atoms with Gasteiger partial charge in [-0.05, 0) is 44.5 Å². The molecule has 9 nitrogen and oxygen atoms in total. The second kappa shape index (κ2) is 10.1. The van der Waals surface area contributed by atoms with Crippen molar-refractivity contribution in [2.45, 2.75) is 45.8 Å². The third-order valence-corrected chi connectivity index (χ3v) is 4.56. The highest BCUT2D eigenvalue weighted by Crippen LogP contribution is 2.25. The van der Waals surface area contributed by atoms with E-state index in [1.165, 1.54) is 6.33 Å². The fraction of sp³-hybridized carbons (Fsp3) is 0.476. The van der Waals surface area contributed by atoms with E-state index in [1.807, 2.05) is 25.1 Å². The first-order valence-corrected chi connectivity index (χ1v) is 9.97. The molecule has 1 N–H and O–H groups in total. The van der Waals surface area contributed by atoms with Crippen molar-refractivity contribution in [1.82, 2.24) is 15.0 Å². The second-order valence-corrected chi connectivity index (χ2v) is 7.30. The van der Waals surface area contributed by atoms with Gasteiger partial charge in [0.1, 0.15) is 24.0 Å². The van der Waals surface area contributed by atoms with Gasteiger partial charge < -0.3 is 24.4 Å². The van der Waals surface area contributed by atoms with E-state index in [4.69, 9.17) is 19.0 Å². The number of ether oxygens (including phenoxy) is 3. The van der Waals surface area contributed by atoms with Crippen molar-refractivity contribution < 1.29 is 23.8 Å². The molecule has 2 heterocycles. The number of benzene rings is 1. The molecule has 9 heteroatoms. The van der Waals surface area contributed by atoms with E-state index in [-0.39, 0.29) is 12.2 Å². The minimum Gasteiger partial charge on any atom is -0.497 e. The van der Waals surface area contributed by atoms with Gasteiger partial charge in [-0.1, -0.05) is 0 Å². The number of piperidine rings is 1. The summed E-state index contributed by atoms with van der Waals surface area (Å²) < 4.78 is 16.2. The van der Waals surface area contributed by atoms with Gasteiger partial charge in [0, 0.05) is 37.7 Å². The lowest BCUT2D eigenvalue weighted by Gasteiger charge is -2.30. The average molecular weight is 416 g/mol. The van der Waals surface area contributed by atoms with E-state index in [2.05, 4.69) is 15.3 Å². The second-order valence-electron chi connectivity index (χ2n) is 7.30. The molecule has 1 aliphatic heterocycles. The number of hydrogen-bond acceptors (Lipinski definition) is 9. The van der Waals surface area contributed by atoms with E-state index < -0.39 is 6.16 Å². The number of carbonyl (C=O) groups is 1. The van der Waals surface area contributed by atoms with Gasteiger partial charge in [0.05, 0.1) is 13.2 Å². The number of aryl methyl sites for hydroxylation is 1. The minimum atomic E-state index is -0.676. The van der Waals surface area contributed by atoms with Gasteiger partial charge in [-0.15, -0.1) is 5.06 Å². The number of methoxy groups -OCH3 is 1. The summed E-state index contributed by atoms with van der Waals surface area (Å²) in [6, 6.07) is 7.55. The Morgan fingerprint density at radius 2 is 1.97 bits per heavy atom. The summed E-state index contributed by atoms with van der Waals surface area (Å²) in [6.07, 6.45) is 1.98. The number of nitrogens with one attached hydrogen (secondary N) is 1. The molecule has 0 amide bonds. The number of hydroxylamine groups is 2. The Morgan fingerprint density at radius 1 is 1.20 bits per heavy atom. The predicted octanol–water partition coefficient (Wildman–Crippen LogP) is 3.86. The van der Waals surface area contributed by atoms with Crippen molar-refractivity contribution in [2.75, 3.05) is 25.5 Å². The van der Waals surface area contributed by atoms with Crippen LogP contribution < -0.4 is 14.8 Å². The monoisotopic (exact) mass is 416 g/mol. The zero-order chi connectivity index (χ0) is 21.5. The summed E-state index contributed by atoms with van der Waals surface area (Å²) >= 11 is 0. The summed E-state index contributed by atoms with van der Waals surface area (Å²) in [5.74, 6) is 1.94. The fourth-order valence-corrected chi connectivity index (χ4v) is 3.05. The van der Waals surface area contributed by atoms with Crippen molar-refractivity contribution in [3.63, 3.8) is 0 Å². The number of aromatic nitrogens is 2. The Labute approximate surface area is 176 Å². The first-order chi connectivity index (χ1) is 14.4. The highest BCUT2D eigenvalue weighted by atomic mass is 16.8. The summed E-state index contributed by atoms with van der Waals surface area (Å²) in [6.45, 7) is 6.69. The zero-order valence-electron chi connectivity index (χ0n) is 17.8. The summed E-state index contributed by atoms with van der Waals surface area (Å²) in [5.41, 5.74) is 1.97. The minimum absolute atomic E-state index is 0.0172. The quantitative estimate of drug-likeness (QED) is 0.675. The van der Waals surface area contributed by atoms with Crippen molar-refractivity contribution in [3.05, 3.63) is 36.2 Å². The number of hydrogen-bond donors (Lipinski definition) is 1. The molecule has 1 saturated heterocycles. The molecule has 0 aliphatic carbocycles. The number of nitrogens with zero attached hydrogens (tertiary/aromatic N) is 3. The third kappa shape index (κ3) is 6.21. The van der Waals surface area contributed by atoms with Crippen LogP contribution in [0.1, 0.15) is 32.3 Å². The Kier molecular flexibility index (Phi) is 7.29. The maximum absolute atomic E-state index is 11.6. The lowest BCUT2D eigenvalue weighted by atomic mass is 10.1. The molecule has 0 spiro atoms. The van der Waals surface area contributed by atoms with Crippen LogP contribution in [0.25, 0.3) is 0 Å². The SMILES string of the molecule is COc1ccc(Nc2cc(OC3CCN(OC(=O)OC(C)C)CC3)ncn2)c(C)c1. The van der Waals surface area contributed by atoms with Crippen LogP contribution in [0, 0.1) is 6.92 Å². The summed E-state index contributed by atoms with van der Waals surface area (Å²) in [5, 5.41) is 4.88. The Morgan fingerprint density at radius 3 is 2.63 bits per heavy atom. The summed E-state index contributed by atoms with van der Waals surface area (Å²) in [4.78, 5) is 25.3. The average Bonchev–Trinajstić information content (AvgIpc) is 2.70. The molecule has 0 atom stereocenters. The van der Waals surface area contributed by atoms with Crippen LogP contribution >= 0.6 is 0 Å². The fourth-order valence-electron chi connectivity index (χ4n) is 3.05. The third-order valence-electron chi connectivity index (χ3n) is 4.56. The highest BCUT2D eigenvalue weighted by molar-refractivity contribution is 5.62. The van der Waals surface area contributed by atoms with Crippen LogP contribution in [-0.4, -0.2) is 53.6 Å². The van der Waals surface area contributed by atoms with Gasteiger partial charge in [-0.2, -0.15) is 0 Å². The van der Waals surface area contributed by atoms with Crippen molar-refractivity contribution >= 4 is 17.7 Å². The molecule has 2 aromatic rings.